The molecule has 1 atom stereocenters. The first-order valence-corrected chi connectivity index (χ1v) is 10.6. The molecule has 0 aliphatic heterocycles. The highest BCUT2D eigenvalue weighted by atomic mass is 16.5. The van der Waals surface area contributed by atoms with Gasteiger partial charge in [-0.05, 0) is 22.3 Å². The molecule has 10 heteroatoms. The third-order valence-corrected chi connectivity index (χ3v) is 5.64. The Kier molecular flexibility index (Phi) is 6.60. The molecule has 1 heterocycles. The number of carbonyl (C=O) groups is 3. The number of methoxy groups -OCH3 is 1. The van der Waals surface area contributed by atoms with E-state index >= 15 is 0 Å². The lowest BCUT2D eigenvalue weighted by molar-refractivity contribution is -0.125. The van der Waals surface area contributed by atoms with Gasteiger partial charge >= 0.3 is 12.1 Å². The second kappa shape index (κ2) is 9.75. The number of carboxylic acid groups (broad SMARTS) is 1. The van der Waals surface area contributed by atoms with Crippen LogP contribution in [0.25, 0.3) is 11.1 Å². The molecule has 3 N–H and O–H groups in total. The summed E-state index contributed by atoms with van der Waals surface area (Å²) >= 11 is 0. The number of hydrogen-bond acceptors (Lipinski definition) is 6. The number of nitrogens with zero attached hydrogens (tertiary/aromatic N) is 2. The summed E-state index contributed by atoms with van der Waals surface area (Å²) in [5, 5.41) is 18.0. The molecule has 0 saturated carbocycles. The summed E-state index contributed by atoms with van der Waals surface area (Å²) in [5.41, 5.74) is 4.17. The van der Waals surface area contributed by atoms with Crippen LogP contribution in [0.2, 0.25) is 0 Å². The molecule has 4 rings (SSSR count). The molecule has 1 aromatic heterocycles. The van der Waals surface area contributed by atoms with Gasteiger partial charge < -0.3 is 25.2 Å². The fraction of sp³-hybridized carbons (Fsp3) is 0.250. The monoisotopic (exact) mass is 464 g/mol. The smallest absolute Gasteiger partial charge is 0.407 e. The second-order valence-electron chi connectivity index (χ2n) is 7.79. The zero-order chi connectivity index (χ0) is 24.2. The Morgan fingerprint density at radius 1 is 1.09 bits per heavy atom. The van der Waals surface area contributed by atoms with Crippen LogP contribution in [-0.2, 0) is 21.3 Å². The minimum Gasteiger partial charge on any atom is -0.476 e. The minimum atomic E-state index is -1.28. The molecule has 34 heavy (non-hydrogen) atoms. The largest absolute Gasteiger partial charge is 0.476 e. The molecule has 0 fully saturated rings. The van der Waals surface area contributed by atoms with Crippen LogP contribution in [-0.4, -0.2) is 59.2 Å². The minimum absolute atomic E-state index is 0.0307. The number of rotatable bonds is 8. The van der Waals surface area contributed by atoms with E-state index in [1.54, 1.807) is 0 Å². The standard InChI is InChI=1S/C24H24N4O6/c1-28-12-19(21(27-28)23(30)31)26-22(29)20(33-2)11-25-24(32)34-13-18-16-9-5-3-7-14(16)15-8-4-6-10-17(15)18/h3-10,12,18,20H,11,13H2,1-2H3,(H,25,32)(H,26,29)(H,30,31). The van der Waals surface area contributed by atoms with Gasteiger partial charge in [-0.15, -0.1) is 0 Å². The van der Waals surface area contributed by atoms with Crippen LogP contribution in [0.15, 0.2) is 54.7 Å². The summed E-state index contributed by atoms with van der Waals surface area (Å²) in [7, 11) is 2.85. The number of anilines is 1. The van der Waals surface area contributed by atoms with Crippen LogP contribution in [0.5, 0.6) is 0 Å². The van der Waals surface area contributed by atoms with Gasteiger partial charge in [-0.2, -0.15) is 5.10 Å². The number of alkyl carbamates (subject to hydrolysis) is 1. The van der Waals surface area contributed by atoms with E-state index in [1.807, 2.05) is 48.5 Å². The normalized spacial score (nSPS) is 13.0. The Hall–Kier alpha value is -4.18. The van der Waals surface area contributed by atoms with E-state index in [-0.39, 0.29) is 30.5 Å². The van der Waals surface area contributed by atoms with E-state index in [1.165, 1.54) is 25.0 Å². The van der Waals surface area contributed by atoms with Gasteiger partial charge in [-0.1, -0.05) is 48.5 Å². The zero-order valence-corrected chi connectivity index (χ0v) is 18.6. The Morgan fingerprint density at radius 2 is 1.71 bits per heavy atom. The lowest BCUT2D eigenvalue weighted by atomic mass is 9.98. The van der Waals surface area contributed by atoms with E-state index in [9.17, 15) is 19.5 Å². The lowest BCUT2D eigenvalue weighted by Crippen LogP contribution is -2.41. The van der Waals surface area contributed by atoms with Gasteiger partial charge in [0.2, 0.25) is 0 Å². The number of aromatic nitrogens is 2. The first kappa shape index (κ1) is 23.0. The van der Waals surface area contributed by atoms with Gasteiger partial charge in [-0.3, -0.25) is 9.48 Å². The van der Waals surface area contributed by atoms with Crippen molar-refractivity contribution >= 4 is 23.7 Å². The molecular formula is C24H24N4O6. The van der Waals surface area contributed by atoms with Crippen molar-refractivity contribution < 1.29 is 29.0 Å². The molecule has 0 spiro atoms. The highest BCUT2D eigenvalue weighted by Crippen LogP contribution is 2.44. The maximum Gasteiger partial charge on any atom is 0.407 e. The molecule has 2 amide bonds. The molecule has 0 radical (unpaired) electrons. The van der Waals surface area contributed by atoms with Crippen molar-refractivity contribution in [3.63, 3.8) is 0 Å². The molecule has 10 nitrogen and oxygen atoms in total. The number of carbonyl (C=O) groups excluding carboxylic acids is 2. The molecular weight excluding hydrogens is 440 g/mol. The summed E-state index contributed by atoms with van der Waals surface area (Å²) in [6, 6.07) is 16.0. The van der Waals surface area contributed by atoms with E-state index < -0.39 is 24.1 Å². The van der Waals surface area contributed by atoms with Crippen LogP contribution in [0.1, 0.15) is 27.5 Å². The SMILES string of the molecule is COC(CNC(=O)OCC1c2ccccc2-c2ccccc21)C(=O)Nc1cn(C)nc1C(=O)O. The molecule has 0 bridgehead atoms. The number of ether oxygens (including phenoxy) is 2. The average molecular weight is 464 g/mol. The van der Waals surface area contributed by atoms with Gasteiger partial charge in [0.1, 0.15) is 6.61 Å². The van der Waals surface area contributed by atoms with E-state index in [4.69, 9.17) is 9.47 Å². The zero-order valence-electron chi connectivity index (χ0n) is 18.6. The Balaban J connectivity index is 1.34. The molecule has 0 saturated heterocycles. The van der Waals surface area contributed by atoms with Crippen molar-refractivity contribution in [1.82, 2.24) is 15.1 Å². The number of aromatic carboxylic acids is 1. The van der Waals surface area contributed by atoms with E-state index in [0.29, 0.717) is 0 Å². The van der Waals surface area contributed by atoms with Crippen LogP contribution < -0.4 is 10.6 Å². The number of amides is 2. The van der Waals surface area contributed by atoms with Crippen molar-refractivity contribution in [2.24, 2.45) is 7.05 Å². The van der Waals surface area contributed by atoms with Gasteiger partial charge in [0.25, 0.3) is 5.91 Å². The van der Waals surface area contributed by atoms with Crippen molar-refractivity contribution in [1.29, 1.82) is 0 Å². The summed E-state index contributed by atoms with van der Waals surface area (Å²) < 4.78 is 11.9. The van der Waals surface area contributed by atoms with Gasteiger partial charge in [0.05, 0.1) is 12.2 Å². The van der Waals surface area contributed by atoms with Crippen molar-refractivity contribution in [2.45, 2.75) is 12.0 Å². The maximum atomic E-state index is 12.5. The predicted molar refractivity (Wildman–Crippen MR) is 123 cm³/mol. The second-order valence-corrected chi connectivity index (χ2v) is 7.79. The quantitative estimate of drug-likeness (QED) is 0.467. The van der Waals surface area contributed by atoms with Crippen molar-refractivity contribution in [3.05, 3.63) is 71.5 Å². The third-order valence-electron chi connectivity index (χ3n) is 5.64. The van der Waals surface area contributed by atoms with Crippen molar-refractivity contribution in [2.75, 3.05) is 25.6 Å². The number of nitrogens with one attached hydrogen (secondary N) is 2. The van der Waals surface area contributed by atoms with E-state index in [2.05, 4.69) is 15.7 Å². The van der Waals surface area contributed by atoms with Crippen molar-refractivity contribution in [3.8, 4) is 11.1 Å². The maximum absolute atomic E-state index is 12.5. The fourth-order valence-corrected chi connectivity index (χ4v) is 4.06. The molecule has 1 aliphatic rings. The Morgan fingerprint density at radius 3 is 2.29 bits per heavy atom. The first-order valence-electron chi connectivity index (χ1n) is 10.6. The number of carboxylic acids is 1. The number of hydrogen-bond donors (Lipinski definition) is 3. The first-order chi connectivity index (χ1) is 16.4. The summed E-state index contributed by atoms with van der Waals surface area (Å²) in [4.78, 5) is 36.2. The topological polar surface area (TPSA) is 132 Å². The third kappa shape index (κ3) is 4.62. The van der Waals surface area contributed by atoms with Crippen LogP contribution in [0, 0.1) is 0 Å². The molecule has 2 aromatic carbocycles. The molecule has 1 unspecified atom stereocenters. The van der Waals surface area contributed by atoms with Crippen LogP contribution >= 0.6 is 0 Å². The van der Waals surface area contributed by atoms with E-state index in [0.717, 1.165) is 22.3 Å². The predicted octanol–water partition coefficient (Wildman–Crippen LogP) is 2.61. The molecule has 176 valence electrons. The van der Waals surface area contributed by atoms with Gasteiger partial charge in [0.15, 0.2) is 11.8 Å². The van der Waals surface area contributed by atoms with Gasteiger partial charge in [0, 0.05) is 26.3 Å². The highest BCUT2D eigenvalue weighted by molar-refractivity contribution is 6.00. The average Bonchev–Trinajstić information content (AvgIpc) is 3.35. The number of benzene rings is 2. The number of aryl methyl sites for hydroxylation is 1. The van der Waals surface area contributed by atoms with Gasteiger partial charge in [-0.25, -0.2) is 9.59 Å². The Labute approximate surface area is 195 Å². The summed E-state index contributed by atoms with van der Waals surface area (Å²) in [6.07, 6.45) is -0.390. The highest BCUT2D eigenvalue weighted by Gasteiger charge is 2.29. The summed E-state index contributed by atoms with van der Waals surface area (Å²) in [6.45, 7) is -0.0248. The number of fused-ring (bicyclic) bond motifs is 3. The molecule has 1 aliphatic carbocycles. The van der Waals surface area contributed by atoms with Crippen LogP contribution in [0.3, 0.4) is 0 Å². The lowest BCUT2D eigenvalue weighted by Gasteiger charge is -2.17. The molecule has 3 aromatic rings. The summed E-state index contributed by atoms with van der Waals surface area (Å²) in [5.74, 6) is -1.99. The fourth-order valence-electron chi connectivity index (χ4n) is 4.06. The Bertz CT molecular complexity index is 1190. The van der Waals surface area contributed by atoms with Crippen LogP contribution in [0.4, 0.5) is 10.5 Å².